The minimum Gasteiger partial charge on any atom is -0.494 e. The molecule has 0 unspecified atom stereocenters. The van der Waals surface area contributed by atoms with Gasteiger partial charge in [0.25, 0.3) is 0 Å². The summed E-state index contributed by atoms with van der Waals surface area (Å²) in [6.07, 6.45) is 4.99. The Morgan fingerprint density at radius 1 is 0.926 bits per heavy atom. The number of hydrogen-bond acceptors (Lipinski definition) is 2. The average molecular weight is 388 g/mol. The summed E-state index contributed by atoms with van der Waals surface area (Å²) >= 11 is 5.99. The lowest BCUT2D eigenvalue weighted by molar-refractivity contribution is -0.914. The van der Waals surface area contributed by atoms with E-state index in [4.69, 9.17) is 16.3 Å². The Bertz CT molecular complexity index is 664. The van der Waals surface area contributed by atoms with Gasteiger partial charge in [-0.15, -0.1) is 0 Å². The van der Waals surface area contributed by atoms with Gasteiger partial charge in [0, 0.05) is 16.3 Å². The zero-order valence-electron chi connectivity index (χ0n) is 16.4. The summed E-state index contributed by atoms with van der Waals surface area (Å²) < 4.78 is 5.85. The maximum absolute atomic E-state index is 5.99. The fraction of sp³-hybridized carbons (Fsp3) is 0.478. The van der Waals surface area contributed by atoms with Crippen LogP contribution in [0.2, 0.25) is 5.02 Å². The molecule has 0 bridgehead atoms. The summed E-state index contributed by atoms with van der Waals surface area (Å²) in [6.45, 7) is 8.67. The molecule has 1 heterocycles. The van der Waals surface area contributed by atoms with E-state index < -0.39 is 0 Å². The van der Waals surface area contributed by atoms with Crippen molar-refractivity contribution in [2.45, 2.75) is 39.2 Å². The molecule has 1 N–H and O–H groups in total. The molecule has 0 aliphatic carbocycles. The fourth-order valence-electron chi connectivity index (χ4n) is 3.62. The molecule has 0 saturated carbocycles. The summed E-state index contributed by atoms with van der Waals surface area (Å²) in [5.74, 6) is 0.998. The van der Waals surface area contributed by atoms with Gasteiger partial charge in [-0.05, 0) is 55.0 Å². The molecule has 0 spiro atoms. The number of halogens is 1. The number of quaternary nitrogens is 1. The molecule has 1 fully saturated rings. The lowest BCUT2D eigenvalue weighted by Gasteiger charge is -2.33. The minimum absolute atomic E-state index is 0.802. The van der Waals surface area contributed by atoms with E-state index in [1.54, 1.807) is 4.90 Å². The highest BCUT2D eigenvalue weighted by molar-refractivity contribution is 6.30. The maximum atomic E-state index is 5.99. The predicted octanol–water partition coefficient (Wildman–Crippen LogP) is 4.20. The molecule has 1 saturated heterocycles. The van der Waals surface area contributed by atoms with Gasteiger partial charge in [0.05, 0.1) is 32.8 Å². The first-order chi connectivity index (χ1) is 13.2. The first-order valence-electron chi connectivity index (χ1n) is 10.3. The number of anilines is 1. The molecule has 1 aliphatic rings. The number of piperazine rings is 1. The van der Waals surface area contributed by atoms with Gasteiger partial charge in [-0.1, -0.05) is 37.8 Å². The van der Waals surface area contributed by atoms with Crippen LogP contribution >= 0.6 is 11.6 Å². The lowest BCUT2D eigenvalue weighted by Crippen LogP contribution is -3.13. The van der Waals surface area contributed by atoms with Gasteiger partial charge in [0.1, 0.15) is 12.3 Å². The van der Waals surface area contributed by atoms with E-state index in [1.807, 2.05) is 12.1 Å². The Labute approximate surface area is 168 Å². The second-order valence-electron chi connectivity index (χ2n) is 7.44. The summed E-state index contributed by atoms with van der Waals surface area (Å²) in [5.41, 5.74) is 2.67. The van der Waals surface area contributed by atoms with Crippen molar-refractivity contribution in [3.05, 3.63) is 59.1 Å². The molecule has 3 nitrogen and oxygen atoms in total. The van der Waals surface area contributed by atoms with Crippen LogP contribution in [0.25, 0.3) is 0 Å². The maximum Gasteiger partial charge on any atom is 0.119 e. The van der Waals surface area contributed by atoms with Gasteiger partial charge in [-0.2, -0.15) is 0 Å². The summed E-state index contributed by atoms with van der Waals surface area (Å²) in [4.78, 5) is 4.10. The van der Waals surface area contributed by atoms with E-state index in [0.29, 0.717) is 0 Å². The van der Waals surface area contributed by atoms with Crippen molar-refractivity contribution in [2.24, 2.45) is 0 Å². The molecule has 1 aliphatic heterocycles. The largest absolute Gasteiger partial charge is 0.494 e. The average Bonchev–Trinajstić information content (AvgIpc) is 2.70. The second kappa shape index (κ2) is 10.6. The van der Waals surface area contributed by atoms with E-state index in [1.165, 1.54) is 30.5 Å². The highest BCUT2D eigenvalue weighted by atomic mass is 35.5. The third kappa shape index (κ3) is 6.44. The number of rotatable bonds is 9. The van der Waals surface area contributed by atoms with Gasteiger partial charge >= 0.3 is 0 Å². The van der Waals surface area contributed by atoms with E-state index >= 15 is 0 Å². The van der Waals surface area contributed by atoms with Gasteiger partial charge < -0.3 is 14.5 Å². The highest BCUT2D eigenvalue weighted by Crippen LogP contribution is 2.18. The Balaban J connectivity index is 1.40. The Kier molecular flexibility index (Phi) is 7.85. The van der Waals surface area contributed by atoms with Crippen LogP contribution < -0.4 is 14.5 Å². The van der Waals surface area contributed by atoms with Crippen LogP contribution in [0, 0.1) is 0 Å². The molecule has 0 atom stereocenters. The number of hydrogen-bond donors (Lipinski definition) is 1. The molecule has 27 heavy (non-hydrogen) atoms. The summed E-state index contributed by atoms with van der Waals surface area (Å²) in [5, 5.41) is 0.802. The normalized spacial score (nSPS) is 15.1. The molecule has 4 heteroatoms. The number of ether oxygens (including phenoxy) is 1. The van der Waals surface area contributed by atoms with Crippen molar-refractivity contribution in [1.82, 2.24) is 0 Å². The molecule has 2 aromatic carbocycles. The third-order valence-electron chi connectivity index (χ3n) is 5.31. The molecule has 3 rings (SSSR count). The molecule has 146 valence electrons. The number of nitrogens with one attached hydrogen (secondary N) is 1. The Morgan fingerprint density at radius 3 is 2.30 bits per heavy atom. The monoisotopic (exact) mass is 387 g/mol. The molecule has 0 amide bonds. The van der Waals surface area contributed by atoms with Crippen LogP contribution in [0.1, 0.15) is 38.2 Å². The third-order valence-corrected chi connectivity index (χ3v) is 5.56. The van der Waals surface area contributed by atoms with Gasteiger partial charge in [-0.3, -0.25) is 0 Å². The van der Waals surface area contributed by atoms with Crippen molar-refractivity contribution in [3.8, 4) is 5.75 Å². The molecular weight excluding hydrogens is 356 g/mol. The topological polar surface area (TPSA) is 16.9 Å². The quantitative estimate of drug-likeness (QED) is 0.649. The van der Waals surface area contributed by atoms with Crippen LogP contribution in [-0.2, 0) is 6.54 Å². The molecule has 0 aromatic heterocycles. The van der Waals surface area contributed by atoms with E-state index in [-0.39, 0.29) is 0 Å². The second-order valence-corrected chi connectivity index (χ2v) is 7.88. The van der Waals surface area contributed by atoms with Crippen molar-refractivity contribution >= 4 is 17.3 Å². The van der Waals surface area contributed by atoms with Crippen LogP contribution in [-0.4, -0.2) is 32.8 Å². The van der Waals surface area contributed by atoms with Gasteiger partial charge in [0.15, 0.2) is 0 Å². The molecular formula is C23H32ClN2O+. The van der Waals surface area contributed by atoms with Gasteiger partial charge in [-0.25, -0.2) is 0 Å². The fourth-order valence-corrected chi connectivity index (χ4v) is 3.75. The van der Waals surface area contributed by atoms with Crippen LogP contribution in [0.5, 0.6) is 5.75 Å². The summed E-state index contributed by atoms with van der Waals surface area (Å²) in [6, 6.07) is 16.9. The lowest BCUT2D eigenvalue weighted by atomic mass is 10.2. The summed E-state index contributed by atoms with van der Waals surface area (Å²) in [7, 11) is 0. The van der Waals surface area contributed by atoms with Gasteiger partial charge in [0.2, 0.25) is 0 Å². The van der Waals surface area contributed by atoms with Crippen molar-refractivity contribution in [3.63, 3.8) is 0 Å². The smallest absolute Gasteiger partial charge is 0.119 e. The zero-order chi connectivity index (χ0) is 18.9. The molecule has 0 radical (unpaired) electrons. The minimum atomic E-state index is 0.802. The number of benzene rings is 2. The van der Waals surface area contributed by atoms with Crippen LogP contribution in [0.15, 0.2) is 48.5 Å². The first-order valence-corrected chi connectivity index (χ1v) is 10.7. The van der Waals surface area contributed by atoms with Crippen LogP contribution in [0.4, 0.5) is 5.69 Å². The SMILES string of the molecule is CCCCCCOc1ccc(C[NH+]2CCN(c3ccc(Cl)cc3)CC2)cc1. The van der Waals surface area contributed by atoms with Crippen molar-refractivity contribution < 1.29 is 9.64 Å². The highest BCUT2D eigenvalue weighted by Gasteiger charge is 2.20. The van der Waals surface area contributed by atoms with Crippen molar-refractivity contribution in [1.29, 1.82) is 0 Å². The predicted molar refractivity (Wildman–Crippen MR) is 114 cm³/mol. The Hall–Kier alpha value is -1.71. The van der Waals surface area contributed by atoms with E-state index in [9.17, 15) is 0 Å². The van der Waals surface area contributed by atoms with E-state index in [0.717, 1.165) is 56.5 Å². The number of nitrogens with zero attached hydrogens (tertiary/aromatic N) is 1. The first kappa shape index (κ1) is 20.0. The standard InChI is InChI=1S/C23H31ClN2O/c1-2-3-4-5-18-27-23-12-6-20(7-13-23)19-25-14-16-26(17-15-25)22-10-8-21(24)9-11-22/h6-13H,2-5,14-19H2,1H3/p+1. The van der Waals surface area contributed by atoms with E-state index in [2.05, 4.69) is 48.2 Å². The Morgan fingerprint density at radius 2 is 1.63 bits per heavy atom. The van der Waals surface area contributed by atoms with Crippen LogP contribution in [0.3, 0.4) is 0 Å². The zero-order valence-corrected chi connectivity index (χ0v) is 17.2. The number of unbranched alkanes of at least 4 members (excludes halogenated alkanes) is 3. The molecule has 2 aromatic rings. The van der Waals surface area contributed by atoms with Crippen molar-refractivity contribution in [2.75, 3.05) is 37.7 Å².